The van der Waals surface area contributed by atoms with Crippen molar-refractivity contribution in [2.75, 3.05) is 13.1 Å². The zero-order valence-corrected chi connectivity index (χ0v) is 13.1. The summed E-state index contributed by atoms with van der Waals surface area (Å²) in [5.74, 6) is 1.57. The number of hydrogen-bond acceptors (Lipinski definition) is 4. The number of rotatable bonds is 4. The fourth-order valence-corrected chi connectivity index (χ4v) is 3.63. The summed E-state index contributed by atoms with van der Waals surface area (Å²) in [6.45, 7) is 1.65. The van der Waals surface area contributed by atoms with Gasteiger partial charge in [0.25, 0.3) is 0 Å². The summed E-state index contributed by atoms with van der Waals surface area (Å²) in [6, 6.07) is 4.13. The lowest BCUT2D eigenvalue weighted by Gasteiger charge is -2.32. The largest absolute Gasteiger partial charge is 0.342 e. The van der Waals surface area contributed by atoms with Crippen molar-refractivity contribution in [2.45, 2.75) is 31.6 Å². The number of carbonyl (C=O) groups excluding carboxylic acids is 1. The van der Waals surface area contributed by atoms with Gasteiger partial charge in [-0.15, -0.1) is 21.5 Å². The molecular weight excluding hydrogens is 284 g/mol. The maximum Gasteiger partial charge on any atom is 0.222 e. The first kappa shape index (κ1) is 14.3. The van der Waals surface area contributed by atoms with Gasteiger partial charge >= 0.3 is 0 Å². The molecule has 0 aliphatic carbocycles. The van der Waals surface area contributed by atoms with Gasteiger partial charge in [0.05, 0.1) is 0 Å². The molecule has 6 heteroatoms. The van der Waals surface area contributed by atoms with Crippen molar-refractivity contribution < 1.29 is 4.79 Å². The predicted molar refractivity (Wildman–Crippen MR) is 82.2 cm³/mol. The highest BCUT2D eigenvalue weighted by Crippen LogP contribution is 2.25. The van der Waals surface area contributed by atoms with Crippen LogP contribution in [0, 0.1) is 0 Å². The van der Waals surface area contributed by atoms with E-state index in [9.17, 15) is 4.79 Å². The summed E-state index contributed by atoms with van der Waals surface area (Å²) in [4.78, 5) is 15.7. The minimum Gasteiger partial charge on any atom is -0.342 e. The highest BCUT2D eigenvalue weighted by Gasteiger charge is 2.27. The van der Waals surface area contributed by atoms with E-state index in [4.69, 9.17) is 0 Å². The van der Waals surface area contributed by atoms with Crippen LogP contribution in [0.1, 0.15) is 35.9 Å². The molecule has 0 saturated carbocycles. The van der Waals surface area contributed by atoms with E-state index in [0.29, 0.717) is 12.3 Å². The summed E-state index contributed by atoms with van der Waals surface area (Å²) >= 11 is 1.72. The van der Waals surface area contributed by atoms with Crippen molar-refractivity contribution in [3.63, 3.8) is 0 Å². The van der Waals surface area contributed by atoms with Gasteiger partial charge in [0, 0.05) is 37.4 Å². The number of amides is 1. The number of carbonyl (C=O) groups is 1. The molecule has 112 valence electrons. The van der Waals surface area contributed by atoms with Crippen molar-refractivity contribution in [1.82, 2.24) is 19.7 Å². The fraction of sp³-hybridized carbons (Fsp3) is 0.533. The Morgan fingerprint density at radius 1 is 1.52 bits per heavy atom. The van der Waals surface area contributed by atoms with Crippen LogP contribution in [-0.2, 0) is 18.3 Å². The van der Waals surface area contributed by atoms with Crippen LogP contribution in [0.2, 0.25) is 0 Å². The first-order valence-corrected chi connectivity index (χ1v) is 8.26. The average molecular weight is 304 g/mol. The molecule has 1 aliphatic rings. The van der Waals surface area contributed by atoms with Crippen molar-refractivity contribution in [3.05, 3.63) is 34.5 Å². The standard InChI is InChI=1S/C15H20N4OS/c1-18-11-16-17-15(18)12-4-2-8-19(10-12)14(20)7-6-13-5-3-9-21-13/h3,5,9,11-12H,2,4,6-8,10H2,1H3. The number of aromatic nitrogens is 3. The van der Waals surface area contributed by atoms with Gasteiger partial charge in [0.1, 0.15) is 12.2 Å². The lowest BCUT2D eigenvalue weighted by molar-refractivity contribution is -0.132. The van der Waals surface area contributed by atoms with Gasteiger partial charge in [-0.1, -0.05) is 6.07 Å². The second kappa shape index (κ2) is 6.39. The summed E-state index contributed by atoms with van der Waals surface area (Å²) in [5, 5.41) is 10.2. The molecule has 1 amide bonds. The molecule has 0 spiro atoms. The molecule has 1 atom stereocenters. The zero-order chi connectivity index (χ0) is 14.7. The molecule has 0 N–H and O–H groups in total. The van der Waals surface area contributed by atoms with E-state index < -0.39 is 0 Å². The third kappa shape index (κ3) is 3.32. The van der Waals surface area contributed by atoms with Gasteiger partial charge in [-0.2, -0.15) is 0 Å². The van der Waals surface area contributed by atoms with Gasteiger partial charge in [-0.25, -0.2) is 0 Å². The molecule has 0 bridgehead atoms. The number of piperidine rings is 1. The summed E-state index contributed by atoms with van der Waals surface area (Å²) < 4.78 is 1.96. The SMILES string of the molecule is Cn1cnnc1C1CCCN(C(=O)CCc2cccs2)C1. The Morgan fingerprint density at radius 2 is 2.43 bits per heavy atom. The first-order valence-electron chi connectivity index (χ1n) is 7.38. The normalized spacial score (nSPS) is 18.9. The van der Waals surface area contributed by atoms with Crippen LogP contribution >= 0.6 is 11.3 Å². The van der Waals surface area contributed by atoms with Crippen LogP contribution in [-0.4, -0.2) is 38.7 Å². The van der Waals surface area contributed by atoms with Crippen LogP contribution in [0.25, 0.3) is 0 Å². The van der Waals surface area contributed by atoms with Crippen molar-refractivity contribution in [1.29, 1.82) is 0 Å². The molecule has 2 aromatic heterocycles. The third-order valence-electron chi connectivity index (χ3n) is 4.05. The Hall–Kier alpha value is -1.69. The van der Waals surface area contributed by atoms with E-state index in [1.54, 1.807) is 17.7 Å². The van der Waals surface area contributed by atoms with Gasteiger partial charge in [-0.3, -0.25) is 4.79 Å². The maximum atomic E-state index is 12.4. The molecule has 5 nitrogen and oxygen atoms in total. The minimum absolute atomic E-state index is 0.260. The Bertz CT molecular complexity index is 593. The van der Waals surface area contributed by atoms with E-state index in [-0.39, 0.29) is 5.91 Å². The molecular formula is C15H20N4OS. The van der Waals surface area contributed by atoms with Crippen LogP contribution in [0.15, 0.2) is 23.8 Å². The van der Waals surface area contributed by atoms with Crippen LogP contribution in [0.4, 0.5) is 0 Å². The number of thiophene rings is 1. The molecule has 2 aromatic rings. The third-order valence-corrected chi connectivity index (χ3v) is 4.99. The van der Waals surface area contributed by atoms with Gasteiger partial charge in [0.2, 0.25) is 5.91 Å². The number of hydrogen-bond donors (Lipinski definition) is 0. The predicted octanol–water partition coefficient (Wildman–Crippen LogP) is 2.22. The molecule has 1 aliphatic heterocycles. The minimum atomic E-state index is 0.260. The van der Waals surface area contributed by atoms with Gasteiger partial charge in [-0.05, 0) is 30.7 Å². The van der Waals surface area contributed by atoms with Crippen molar-refractivity contribution in [2.24, 2.45) is 7.05 Å². The van der Waals surface area contributed by atoms with E-state index in [2.05, 4.69) is 21.6 Å². The van der Waals surface area contributed by atoms with E-state index >= 15 is 0 Å². The Kier molecular flexibility index (Phi) is 4.34. The van der Waals surface area contributed by atoms with E-state index in [0.717, 1.165) is 38.2 Å². The molecule has 3 heterocycles. The van der Waals surface area contributed by atoms with Crippen molar-refractivity contribution >= 4 is 17.2 Å². The lowest BCUT2D eigenvalue weighted by Crippen LogP contribution is -2.39. The van der Waals surface area contributed by atoms with Crippen LogP contribution in [0.5, 0.6) is 0 Å². The highest BCUT2D eigenvalue weighted by molar-refractivity contribution is 7.09. The Morgan fingerprint density at radius 3 is 3.14 bits per heavy atom. The number of likely N-dealkylation sites (tertiary alicyclic amines) is 1. The maximum absolute atomic E-state index is 12.4. The molecule has 1 unspecified atom stereocenters. The lowest BCUT2D eigenvalue weighted by atomic mass is 9.97. The second-order valence-corrected chi connectivity index (χ2v) is 6.59. The smallest absolute Gasteiger partial charge is 0.222 e. The van der Waals surface area contributed by atoms with Crippen molar-refractivity contribution in [3.8, 4) is 0 Å². The zero-order valence-electron chi connectivity index (χ0n) is 12.2. The molecule has 1 fully saturated rings. The fourth-order valence-electron chi connectivity index (χ4n) is 2.92. The first-order chi connectivity index (χ1) is 10.2. The van der Waals surface area contributed by atoms with Gasteiger partial charge < -0.3 is 9.47 Å². The molecule has 21 heavy (non-hydrogen) atoms. The Balaban J connectivity index is 1.58. The number of aryl methyl sites for hydroxylation is 2. The molecule has 0 aromatic carbocycles. The highest BCUT2D eigenvalue weighted by atomic mass is 32.1. The van der Waals surface area contributed by atoms with Crippen LogP contribution in [0.3, 0.4) is 0 Å². The topological polar surface area (TPSA) is 51.0 Å². The van der Waals surface area contributed by atoms with Gasteiger partial charge in [0.15, 0.2) is 0 Å². The summed E-state index contributed by atoms with van der Waals surface area (Å²) in [6.07, 6.45) is 5.31. The number of nitrogens with zero attached hydrogens (tertiary/aromatic N) is 4. The summed E-state index contributed by atoms with van der Waals surface area (Å²) in [7, 11) is 1.97. The van der Waals surface area contributed by atoms with E-state index in [1.807, 2.05) is 22.6 Å². The monoisotopic (exact) mass is 304 g/mol. The Labute approximate surface area is 128 Å². The average Bonchev–Trinajstić information content (AvgIpc) is 3.16. The van der Waals surface area contributed by atoms with E-state index in [1.165, 1.54) is 4.88 Å². The summed E-state index contributed by atoms with van der Waals surface area (Å²) in [5.41, 5.74) is 0. The molecule has 0 radical (unpaired) electrons. The van der Waals surface area contributed by atoms with Crippen LogP contribution < -0.4 is 0 Å². The quantitative estimate of drug-likeness (QED) is 0.870. The molecule has 1 saturated heterocycles. The molecule has 3 rings (SSSR count). The second-order valence-electron chi connectivity index (χ2n) is 5.56.